The lowest BCUT2D eigenvalue weighted by atomic mass is 10.1. The van der Waals surface area contributed by atoms with Crippen LogP contribution < -0.4 is 10.1 Å². The fourth-order valence-electron chi connectivity index (χ4n) is 3.05. The van der Waals surface area contributed by atoms with Crippen molar-refractivity contribution in [2.75, 3.05) is 39.2 Å². The Labute approximate surface area is 166 Å². The number of anilines is 1. The zero-order valence-electron chi connectivity index (χ0n) is 17.2. The highest BCUT2D eigenvalue weighted by Gasteiger charge is 2.19. The third-order valence-electron chi connectivity index (χ3n) is 4.33. The molecule has 6 nitrogen and oxygen atoms in total. The number of hydrogen-bond acceptors (Lipinski definition) is 4. The second kappa shape index (κ2) is 9.90. The normalized spacial score (nSPS) is 10.5. The number of ether oxygens (including phenoxy) is 2. The largest absolute Gasteiger partial charge is 0.490 e. The van der Waals surface area contributed by atoms with Crippen LogP contribution in [0.25, 0.3) is 0 Å². The molecule has 0 heterocycles. The Kier molecular flexibility index (Phi) is 7.58. The first-order valence-electron chi connectivity index (χ1n) is 9.17. The van der Waals surface area contributed by atoms with Crippen LogP contribution in [0.3, 0.4) is 0 Å². The fraction of sp³-hybridized carbons (Fsp3) is 0.364. The molecule has 1 N–H and O–H groups in total. The summed E-state index contributed by atoms with van der Waals surface area (Å²) in [6.45, 7) is 6.64. The van der Waals surface area contributed by atoms with E-state index >= 15 is 0 Å². The minimum Gasteiger partial charge on any atom is -0.490 e. The monoisotopic (exact) mass is 384 g/mol. The third kappa shape index (κ3) is 5.57. The van der Waals surface area contributed by atoms with Crippen LogP contribution in [0, 0.1) is 20.8 Å². The van der Waals surface area contributed by atoms with Gasteiger partial charge < -0.3 is 19.7 Å². The van der Waals surface area contributed by atoms with Crippen LogP contribution in [-0.2, 0) is 9.53 Å². The van der Waals surface area contributed by atoms with Crippen LogP contribution in [0.2, 0.25) is 0 Å². The number of aryl methyl sites for hydroxylation is 3. The molecule has 2 aromatic carbocycles. The third-order valence-corrected chi connectivity index (χ3v) is 4.33. The van der Waals surface area contributed by atoms with Crippen molar-refractivity contribution in [2.45, 2.75) is 20.8 Å². The minimum absolute atomic E-state index is 0.0575. The number of hydrogen-bond donors (Lipinski definition) is 1. The van der Waals surface area contributed by atoms with E-state index in [4.69, 9.17) is 9.47 Å². The quantitative estimate of drug-likeness (QED) is 0.709. The van der Waals surface area contributed by atoms with Crippen molar-refractivity contribution in [3.63, 3.8) is 0 Å². The van der Waals surface area contributed by atoms with Crippen molar-refractivity contribution in [1.82, 2.24) is 4.90 Å². The van der Waals surface area contributed by atoms with Crippen LogP contribution in [0.15, 0.2) is 36.4 Å². The Hall–Kier alpha value is -2.86. The topological polar surface area (TPSA) is 67.9 Å². The van der Waals surface area contributed by atoms with Gasteiger partial charge in [0.15, 0.2) is 0 Å². The number of nitrogens with zero attached hydrogens (tertiary/aromatic N) is 1. The predicted octanol–water partition coefficient (Wildman–Crippen LogP) is 3.35. The van der Waals surface area contributed by atoms with E-state index in [9.17, 15) is 9.59 Å². The lowest BCUT2D eigenvalue weighted by Crippen LogP contribution is -2.35. The molecule has 6 heteroatoms. The van der Waals surface area contributed by atoms with Crippen molar-refractivity contribution in [1.29, 1.82) is 0 Å². The van der Waals surface area contributed by atoms with Gasteiger partial charge in [0.2, 0.25) is 5.91 Å². The summed E-state index contributed by atoms with van der Waals surface area (Å²) in [5.41, 5.74) is 4.34. The maximum Gasteiger partial charge on any atom is 0.257 e. The molecule has 0 spiro atoms. The molecule has 0 atom stereocenters. The summed E-state index contributed by atoms with van der Waals surface area (Å²) < 4.78 is 10.6. The number of nitrogens with one attached hydrogen (secondary N) is 1. The first-order chi connectivity index (χ1) is 13.3. The molecule has 2 aromatic rings. The minimum atomic E-state index is -0.277. The maximum absolute atomic E-state index is 12.8. The van der Waals surface area contributed by atoms with Crippen LogP contribution in [-0.4, -0.2) is 50.6 Å². The second-order valence-corrected chi connectivity index (χ2v) is 6.82. The average Bonchev–Trinajstić information content (AvgIpc) is 2.64. The Bertz CT molecular complexity index is 825. The van der Waals surface area contributed by atoms with Gasteiger partial charge >= 0.3 is 0 Å². The van der Waals surface area contributed by atoms with Crippen molar-refractivity contribution >= 4 is 17.5 Å². The van der Waals surface area contributed by atoms with Crippen LogP contribution in [0.4, 0.5) is 5.69 Å². The van der Waals surface area contributed by atoms with Crippen LogP contribution >= 0.6 is 0 Å². The molecule has 0 aromatic heterocycles. The molecule has 0 fully saturated rings. The van der Waals surface area contributed by atoms with E-state index in [-0.39, 0.29) is 18.4 Å². The molecule has 0 aliphatic heterocycles. The molecule has 0 radical (unpaired) electrons. The van der Waals surface area contributed by atoms with E-state index in [0.29, 0.717) is 24.5 Å². The summed E-state index contributed by atoms with van der Waals surface area (Å²) in [5.74, 6) is -0.0498. The van der Waals surface area contributed by atoms with Gasteiger partial charge in [0, 0.05) is 19.8 Å². The summed E-state index contributed by atoms with van der Waals surface area (Å²) in [6, 6.07) is 11.0. The summed E-state index contributed by atoms with van der Waals surface area (Å²) >= 11 is 0. The lowest BCUT2D eigenvalue weighted by Gasteiger charge is -2.20. The first kappa shape index (κ1) is 21.4. The Morgan fingerprint density at radius 1 is 1.04 bits per heavy atom. The van der Waals surface area contributed by atoms with Gasteiger partial charge in [-0.2, -0.15) is 0 Å². The Balaban J connectivity index is 2.06. The van der Waals surface area contributed by atoms with Crippen molar-refractivity contribution < 1.29 is 19.1 Å². The molecule has 28 heavy (non-hydrogen) atoms. The van der Waals surface area contributed by atoms with E-state index in [2.05, 4.69) is 5.32 Å². The van der Waals surface area contributed by atoms with E-state index < -0.39 is 0 Å². The molecular weight excluding hydrogens is 356 g/mol. The zero-order chi connectivity index (χ0) is 20.7. The standard InChI is InChI=1S/C22H28N2O4/c1-15-12-16(2)21(17(3)13-15)23-20(25)14-24(4)22(26)18-8-6-7-9-19(18)28-11-10-27-5/h6-9,12-13H,10-11,14H2,1-5H3,(H,23,25). The van der Waals surface area contributed by atoms with Gasteiger partial charge in [-0.25, -0.2) is 0 Å². The number of benzene rings is 2. The van der Waals surface area contributed by atoms with E-state index in [1.807, 2.05) is 32.9 Å². The van der Waals surface area contributed by atoms with E-state index in [1.54, 1.807) is 38.4 Å². The van der Waals surface area contributed by atoms with Gasteiger partial charge in [-0.3, -0.25) is 9.59 Å². The summed E-state index contributed by atoms with van der Waals surface area (Å²) in [7, 11) is 3.19. The zero-order valence-corrected chi connectivity index (χ0v) is 17.2. The number of carbonyl (C=O) groups excluding carboxylic acids is 2. The van der Waals surface area contributed by atoms with Gasteiger partial charge in [-0.05, 0) is 44.0 Å². The molecule has 0 bridgehead atoms. The summed E-state index contributed by atoms with van der Waals surface area (Å²) in [4.78, 5) is 26.7. The van der Waals surface area contributed by atoms with Crippen molar-refractivity contribution in [2.24, 2.45) is 0 Å². The Morgan fingerprint density at radius 3 is 2.32 bits per heavy atom. The molecule has 2 rings (SSSR count). The van der Waals surface area contributed by atoms with Gasteiger partial charge in [0.25, 0.3) is 5.91 Å². The summed E-state index contributed by atoms with van der Waals surface area (Å²) in [6.07, 6.45) is 0. The highest BCUT2D eigenvalue weighted by Crippen LogP contribution is 2.22. The highest BCUT2D eigenvalue weighted by atomic mass is 16.5. The second-order valence-electron chi connectivity index (χ2n) is 6.82. The average molecular weight is 384 g/mol. The van der Waals surface area contributed by atoms with Gasteiger partial charge in [-0.1, -0.05) is 29.8 Å². The van der Waals surface area contributed by atoms with E-state index in [0.717, 1.165) is 22.4 Å². The smallest absolute Gasteiger partial charge is 0.257 e. The molecule has 0 aliphatic rings. The molecule has 0 unspecified atom stereocenters. The summed E-state index contributed by atoms with van der Waals surface area (Å²) in [5, 5.41) is 2.92. The van der Waals surface area contributed by atoms with Crippen LogP contribution in [0.5, 0.6) is 5.75 Å². The molecule has 0 saturated heterocycles. The van der Waals surface area contributed by atoms with Crippen molar-refractivity contribution in [3.8, 4) is 5.75 Å². The van der Waals surface area contributed by atoms with Crippen LogP contribution in [0.1, 0.15) is 27.0 Å². The maximum atomic E-state index is 12.8. The number of amides is 2. The first-order valence-corrected chi connectivity index (χ1v) is 9.17. The molecule has 0 aliphatic carbocycles. The number of methoxy groups -OCH3 is 1. The highest BCUT2D eigenvalue weighted by molar-refractivity contribution is 6.01. The lowest BCUT2D eigenvalue weighted by molar-refractivity contribution is -0.116. The number of likely N-dealkylation sites (N-methyl/N-ethyl adjacent to an activating group) is 1. The number of carbonyl (C=O) groups is 2. The predicted molar refractivity (Wildman–Crippen MR) is 110 cm³/mol. The molecule has 2 amide bonds. The van der Waals surface area contributed by atoms with Crippen molar-refractivity contribution in [3.05, 3.63) is 58.7 Å². The van der Waals surface area contributed by atoms with Gasteiger partial charge in [-0.15, -0.1) is 0 Å². The fourth-order valence-corrected chi connectivity index (χ4v) is 3.05. The SMILES string of the molecule is COCCOc1ccccc1C(=O)N(C)CC(=O)Nc1c(C)cc(C)cc1C. The number of para-hydroxylation sites is 1. The Morgan fingerprint density at radius 2 is 1.68 bits per heavy atom. The van der Waals surface area contributed by atoms with E-state index in [1.165, 1.54) is 4.90 Å². The van der Waals surface area contributed by atoms with Gasteiger partial charge in [0.1, 0.15) is 12.4 Å². The van der Waals surface area contributed by atoms with Gasteiger partial charge in [0.05, 0.1) is 18.7 Å². The molecular formula is C22H28N2O4. The molecule has 150 valence electrons. The number of rotatable bonds is 8. The molecule has 0 saturated carbocycles.